The van der Waals surface area contributed by atoms with Gasteiger partial charge >= 0.3 is 0 Å². The summed E-state index contributed by atoms with van der Waals surface area (Å²) in [5.74, 6) is 0.401. The van der Waals surface area contributed by atoms with Crippen LogP contribution in [0.5, 0.6) is 0 Å². The van der Waals surface area contributed by atoms with Crippen LogP contribution in [0.2, 0.25) is 0 Å². The van der Waals surface area contributed by atoms with Gasteiger partial charge in [-0.05, 0) is 29.0 Å². The number of hydrogen-bond donors (Lipinski definition) is 2. The van der Waals surface area contributed by atoms with Gasteiger partial charge in [0.2, 0.25) is 5.91 Å². The Balaban J connectivity index is 1.85. The van der Waals surface area contributed by atoms with E-state index >= 15 is 0 Å². The van der Waals surface area contributed by atoms with E-state index in [0.717, 1.165) is 53.5 Å². The molecule has 6 heteroatoms. The van der Waals surface area contributed by atoms with Gasteiger partial charge in [0.1, 0.15) is 5.82 Å². The molecular weight excluding hydrogens is 452 g/mol. The summed E-state index contributed by atoms with van der Waals surface area (Å²) >= 11 is 3.56. The first-order valence-electron chi connectivity index (χ1n) is 9.99. The van der Waals surface area contributed by atoms with Crippen LogP contribution in [0.3, 0.4) is 0 Å². The van der Waals surface area contributed by atoms with Gasteiger partial charge < -0.3 is 10.7 Å². The van der Waals surface area contributed by atoms with Crippen LogP contribution in [-0.4, -0.2) is 27.0 Å². The lowest BCUT2D eigenvalue weighted by Gasteiger charge is -2.10. The van der Waals surface area contributed by atoms with Crippen LogP contribution in [-0.2, 0) is 0 Å². The molecule has 31 heavy (non-hydrogen) atoms. The molecular formula is C25H17BrN4O. The van der Waals surface area contributed by atoms with Crippen LogP contribution in [0, 0.1) is 0 Å². The molecule has 0 saturated heterocycles. The van der Waals surface area contributed by atoms with E-state index in [1.54, 1.807) is 4.57 Å². The lowest BCUT2D eigenvalue weighted by Crippen LogP contribution is -2.21. The summed E-state index contributed by atoms with van der Waals surface area (Å²) in [6.07, 6.45) is 1.91. The van der Waals surface area contributed by atoms with Crippen molar-refractivity contribution in [3.63, 3.8) is 0 Å². The Morgan fingerprint density at radius 1 is 0.935 bits per heavy atom. The van der Waals surface area contributed by atoms with Gasteiger partial charge in [-0.3, -0.25) is 9.36 Å². The van der Waals surface area contributed by atoms with Crippen LogP contribution >= 0.6 is 15.9 Å². The molecule has 0 aliphatic rings. The Hall–Kier alpha value is -3.48. The number of nitrogens with zero attached hydrogens (tertiary/aromatic N) is 2. The van der Waals surface area contributed by atoms with Crippen molar-refractivity contribution < 1.29 is 4.79 Å². The van der Waals surface area contributed by atoms with E-state index in [4.69, 9.17) is 10.7 Å². The predicted molar refractivity (Wildman–Crippen MR) is 129 cm³/mol. The Kier molecular flexibility index (Phi) is 4.00. The fraction of sp³-hybridized carbons (Fsp3) is 0.0400. The van der Waals surface area contributed by atoms with Crippen LogP contribution in [0.15, 0.2) is 77.4 Å². The van der Waals surface area contributed by atoms with Crippen LogP contribution < -0.4 is 5.73 Å². The average Bonchev–Trinajstić information content (AvgIpc) is 3.40. The lowest BCUT2D eigenvalue weighted by atomic mass is 10.00. The highest BCUT2D eigenvalue weighted by atomic mass is 79.9. The Bertz CT molecular complexity index is 1660. The van der Waals surface area contributed by atoms with E-state index in [1.807, 2.05) is 54.7 Å². The summed E-state index contributed by atoms with van der Waals surface area (Å²) in [4.78, 5) is 21.5. The van der Waals surface area contributed by atoms with E-state index in [2.05, 4.69) is 39.1 Å². The van der Waals surface area contributed by atoms with Gasteiger partial charge in [-0.15, -0.1) is 0 Å². The summed E-state index contributed by atoms with van der Waals surface area (Å²) in [5, 5.41) is 5.19. The van der Waals surface area contributed by atoms with E-state index < -0.39 is 0 Å². The van der Waals surface area contributed by atoms with Crippen molar-refractivity contribution >= 4 is 65.3 Å². The molecule has 0 bridgehead atoms. The molecule has 0 amide bonds. The van der Waals surface area contributed by atoms with Crippen molar-refractivity contribution in [2.45, 2.75) is 0 Å². The third-order valence-corrected chi connectivity index (χ3v) is 6.33. The van der Waals surface area contributed by atoms with E-state index in [0.29, 0.717) is 5.82 Å². The molecule has 0 aliphatic carbocycles. The zero-order valence-corrected chi connectivity index (χ0v) is 18.0. The monoisotopic (exact) mass is 468 g/mol. The largest absolute Gasteiger partial charge is 0.360 e. The molecule has 5 nitrogen and oxygen atoms in total. The number of H-pyrrole nitrogens is 1. The number of carbonyl (C=O) groups excluding carboxylic acids is 1. The van der Waals surface area contributed by atoms with Crippen LogP contribution in [0.4, 0.5) is 0 Å². The minimum Gasteiger partial charge on any atom is -0.360 e. The number of fused-ring (bicyclic) bond motifs is 7. The summed E-state index contributed by atoms with van der Waals surface area (Å²) in [6.45, 7) is -0.105. The second-order valence-corrected chi connectivity index (χ2v) is 8.46. The topological polar surface area (TPSA) is 76.7 Å². The van der Waals surface area contributed by atoms with Gasteiger partial charge in [-0.25, -0.2) is 4.98 Å². The number of carbonyl (C=O) groups is 1. The standard InChI is InChI=1S/C25H17BrN4O/c26-14-9-10-21-19(11-14)20(13-28-21)25-29-23-17-7-3-1-5-15(17)16-6-2-4-8-18(16)24(23)30(25)22(31)12-27/h1-11,13,28H,12,27H2. The predicted octanol–water partition coefficient (Wildman–Crippen LogP) is 5.85. The SMILES string of the molecule is NCC(=O)n1c(-c2c[nH]c3ccc(Br)cc23)nc2c3ccccc3c3ccccc3c21. The molecule has 2 heterocycles. The zero-order valence-electron chi connectivity index (χ0n) is 16.4. The Morgan fingerprint density at radius 3 is 2.35 bits per heavy atom. The fourth-order valence-electron chi connectivity index (χ4n) is 4.50. The Labute approximate surface area is 185 Å². The first kappa shape index (κ1) is 18.3. The maximum Gasteiger partial charge on any atom is 0.246 e. The molecule has 4 aromatic carbocycles. The van der Waals surface area contributed by atoms with Gasteiger partial charge in [-0.2, -0.15) is 0 Å². The van der Waals surface area contributed by atoms with E-state index in [1.165, 1.54) is 0 Å². The minimum absolute atomic E-state index is 0.105. The highest BCUT2D eigenvalue weighted by Gasteiger charge is 2.23. The number of imidazole rings is 1. The molecule has 6 aromatic rings. The number of benzene rings is 4. The van der Waals surface area contributed by atoms with Gasteiger partial charge in [0.05, 0.1) is 17.6 Å². The molecule has 6 rings (SSSR count). The van der Waals surface area contributed by atoms with Crippen molar-refractivity contribution in [1.82, 2.24) is 14.5 Å². The van der Waals surface area contributed by atoms with E-state index in [-0.39, 0.29) is 12.5 Å². The van der Waals surface area contributed by atoms with Gasteiger partial charge in [0.25, 0.3) is 0 Å². The number of aromatic nitrogens is 3. The van der Waals surface area contributed by atoms with Crippen LogP contribution in [0.25, 0.3) is 54.9 Å². The molecule has 0 atom stereocenters. The molecule has 0 saturated carbocycles. The first-order valence-corrected chi connectivity index (χ1v) is 10.8. The maximum atomic E-state index is 13.2. The van der Waals surface area contributed by atoms with Crippen molar-refractivity contribution in [2.75, 3.05) is 6.54 Å². The van der Waals surface area contributed by atoms with Crippen molar-refractivity contribution in [1.29, 1.82) is 0 Å². The number of nitrogens with two attached hydrogens (primary N) is 1. The van der Waals surface area contributed by atoms with Gasteiger partial charge in [0, 0.05) is 37.9 Å². The molecule has 0 aliphatic heterocycles. The number of rotatable bonds is 2. The molecule has 3 N–H and O–H groups in total. The number of hydrogen-bond acceptors (Lipinski definition) is 3. The lowest BCUT2D eigenvalue weighted by molar-refractivity contribution is 0.0930. The molecule has 0 unspecified atom stereocenters. The number of nitrogens with one attached hydrogen (secondary N) is 1. The smallest absolute Gasteiger partial charge is 0.246 e. The maximum absolute atomic E-state index is 13.2. The van der Waals surface area contributed by atoms with Gasteiger partial charge in [0.15, 0.2) is 0 Å². The van der Waals surface area contributed by atoms with Crippen molar-refractivity contribution in [3.05, 3.63) is 77.4 Å². The minimum atomic E-state index is -0.192. The fourth-order valence-corrected chi connectivity index (χ4v) is 4.86. The third kappa shape index (κ3) is 2.59. The second kappa shape index (κ2) is 6.77. The third-order valence-electron chi connectivity index (χ3n) is 5.84. The average molecular weight is 469 g/mol. The Morgan fingerprint density at radius 2 is 1.61 bits per heavy atom. The zero-order chi connectivity index (χ0) is 21.1. The highest BCUT2D eigenvalue weighted by molar-refractivity contribution is 9.10. The van der Waals surface area contributed by atoms with Gasteiger partial charge in [-0.1, -0.05) is 64.5 Å². The molecule has 0 spiro atoms. The van der Waals surface area contributed by atoms with E-state index in [9.17, 15) is 4.79 Å². The normalized spacial score (nSPS) is 11.8. The van der Waals surface area contributed by atoms with Crippen LogP contribution in [0.1, 0.15) is 4.79 Å². The summed E-state index contributed by atoms with van der Waals surface area (Å²) in [7, 11) is 0. The summed E-state index contributed by atoms with van der Waals surface area (Å²) < 4.78 is 2.65. The summed E-state index contributed by atoms with van der Waals surface area (Å²) in [6, 6.07) is 22.4. The summed E-state index contributed by atoms with van der Waals surface area (Å²) in [5.41, 5.74) is 9.30. The molecule has 2 aromatic heterocycles. The number of aromatic amines is 1. The molecule has 150 valence electrons. The molecule has 0 fully saturated rings. The molecule has 0 radical (unpaired) electrons. The quantitative estimate of drug-likeness (QED) is 0.312. The highest BCUT2D eigenvalue weighted by Crippen LogP contribution is 2.39. The second-order valence-electron chi connectivity index (χ2n) is 7.55. The number of halogens is 1. The van der Waals surface area contributed by atoms with Crippen molar-refractivity contribution in [3.8, 4) is 11.4 Å². The van der Waals surface area contributed by atoms with Crippen molar-refractivity contribution in [2.24, 2.45) is 5.73 Å². The first-order chi connectivity index (χ1) is 15.2.